The van der Waals surface area contributed by atoms with Crippen LogP contribution < -0.4 is 21.4 Å². The number of nitrogens with one attached hydrogen (secondary N) is 3. The number of hydrogen-bond donors (Lipinski definition) is 4. The minimum absolute atomic E-state index is 0.452. The molecule has 2 heterocycles. The molecule has 1 saturated heterocycles. The van der Waals surface area contributed by atoms with Crippen molar-refractivity contribution in [2.24, 2.45) is 5.92 Å². The largest absolute Gasteiger partial charge is 0.462 e. The summed E-state index contributed by atoms with van der Waals surface area (Å²) in [5.74, 6) is -2.68. The molecule has 6 unspecified atom stereocenters. The van der Waals surface area contributed by atoms with Crippen LogP contribution in [0.25, 0.3) is 0 Å². The Balaban J connectivity index is 2.24. The van der Waals surface area contributed by atoms with Gasteiger partial charge in [-0.15, -0.1) is 0 Å². The number of rotatable bonds is 13. The number of ether oxygens (including phenoxy) is 3. The molecule has 1 aromatic heterocycles. The third-order valence-electron chi connectivity index (χ3n) is 5.38. The molecule has 14 nitrogen and oxygen atoms in total. The van der Waals surface area contributed by atoms with Crippen molar-refractivity contribution in [3.63, 3.8) is 0 Å². The number of nitrogens with zero attached hydrogens (tertiary/aromatic N) is 1. The van der Waals surface area contributed by atoms with Crippen molar-refractivity contribution < 1.29 is 42.4 Å². The van der Waals surface area contributed by atoms with Gasteiger partial charge < -0.3 is 23.8 Å². The summed E-state index contributed by atoms with van der Waals surface area (Å²) in [6.45, 7) is 7.62. The fraction of sp³-hybridized carbons (Fsp3) is 0.727. The first-order valence-corrected chi connectivity index (χ1v) is 13.7. The number of halogens is 1. The second kappa shape index (κ2) is 13.6. The van der Waals surface area contributed by atoms with Crippen LogP contribution in [0.1, 0.15) is 47.8 Å². The normalized spacial score (nSPS) is 24.7. The maximum Gasteiger partial charge on any atom is 0.342 e. The van der Waals surface area contributed by atoms with E-state index >= 15 is 0 Å². The van der Waals surface area contributed by atoms with E-state index in [1.165, 1.54) is 13.8 Å². The Hall–Kier alpha value is -2.42. The molecule has 0 aromatic carbocycles. The topological polar surface area (TPSA) is 187 Å². The van der Waals surface area contributed by atoms with Crippen molar-refractivity contribution >= 4 is 19.6 Å². The molecule has 38 heavy (non-hydrogen) atoms. The summed E-state index contributed by atoms with van der Waals surface area (Å²) in [6, 6.07) is -1.27. The van der Waals surface area contributed by atoms with Crippen LogP contribution in [-0.2, 0) is 32.9 Å². The predicted molar refractivity (Wildman–Crippen MR) is 132 cm³/mol. The van der Waals surface area contributed by atoms with E-state index in [1.54, 1.807) is 27.7 Å². The average Bonchev–Trinajstić information content (AvgIpc) is 3.11. The van der Waals surface area contributed by atoms with E-state index in [-0.39, 0.29) is 0 Å². The monoisotopic (exact) mass is 566 g/mol. The van der Waals surface area contributed by atoms with E-state index in [2.05, 4.69) is 10.2 Å². The second-order valence-corrected chi connectivity index (χ2v) is 11.3. The van der Waals surface area contributed by atoms with Gasteiger partial charge >= 0.3 is 25.3 Å². The van der Waals surface area contributed by atoms with Crippen molar-refractivity contribution in [2.45, 2.75) is 84.3 Å². The van der Waals surface area contributed by atoms with E-state index in [1.807, 2.05) is 4.98 Å². The first-order valence-electron chi connectivity index (χ1n) is 12.1. The van der Waals surface area contributed by atoms with Crippen molar-refractivity contribution in [1.29, 1.82) is 0 Å². The molecule has 0 amide bonds. The van der Waals surface area contributed by atoms with Crippen LogP contribution in [0.3, 0.4) is 0 Å². The van der Waals surface area contributed by atoms with Crippen molar-refractivity contribution in [3.8, 4) is 0 Å². The van der Waals surface area contributed by atoms with Gasteiger partial charge in [0.2, 0.25) is 0 Å². The van der Waals surface area contributed by atoms with Crippen LogP contribution in [0.15, 0.2) is 21.9 Å². The number of aliphatic hydroxyl groups excluding tert-OH is 1. The number of H-pyrrole nitrogens is 1. The summed E-state index contributed by atoms with van der Waals surface area (Å²) in [5, 5.41) is 15.6. The molecule has 1 aromatic rings. The summed E-state index contributed by atoms with van der Waals surface area (Å²) >= 11 is 0. The third-order valence-corrected chi connectivity index (χ3v) is 7.35. The van der Waals surface area contributed by atoms with Crippen molar-refractivity contribution in [1.82, 2.24) is 19.7 Å². The molecule has 2 rings (SSSR count). The lowest BCUT2D eigenvalue weighted by atomic mass is 10.00. The van der Waals surface area contributed by atoms with Gasteiger partial charge in [-0.2, -0.15) is 0 Å². The highest BCUT2D eigenvalue weighted by Gasteiger charge is 2.46. The smallest absolute Gasteiger partial charge is 0.342 e. The highest BCUT2D eigenvalue weighted by molar-refractivity contribution is 7.54. The minimum Gasteiger partial charge on any atom is -0.462 e. The van der Waals surface area contributed by atoms with Crippen LogP contribution in [0.4, 0.5) is 4.39 Å². The van der Waals surface area contributed by atoms with Crippen LogP contribution in [0, 0.1) is 5.92 Å². The van der Waals surface area contributed by atoms with Crippen LogP contribution in [-0.4, -0.2) is 76.4 Å². The molecule has 0 bridgehead atoms. The summed E-state index contributed by atoms with van der Waals surface area (Å²) in [5.41, 5.74) is -1.56. The number of alkyl halides is 1. The predicted octanol–water partition coefficient (Wildman–Crippen LogP) is 0.365. The van der Waals surface area contributed by atoms with Gasteiger partial charge in [0.15, 0.2) is 6.23 Å². The first kappa shape index (κ1) is 31.8. The van der Waals surface area contributed by atoms with Gasteiger partial charge in [-0.3, -0.25) is 32.9 Å². The van der Waals surface area contributed by atoms with E-state index < -0.39 is 92.8 Å². The maximum absolute atomic E-state index is 13.9. The molecule has 1 fully saturated rings. The second-order valence-electron chi connectivity index (χ2n) is 9.41. The standard InChI is InChI=1S/C22H36FN4O10P/c1-11(2)35-20(30)13(5)25-38(33,26-14(6)21(31)36-12(3)4)34-10-16-15(9-23)18(29)19(37-16)27-8-7-17(28)24-22(27)32/h7-8,11-16,18-19,29H,9-10H2,1-6H3,(H,24,28,32)(H2,25,26,33). The van der Waals surface area contributed by atoms with Crippen molar-refractivity contribution in [2.75, 3.05) is 13.3 Å². The third kappa shape index (κ3) is 8.55. The van der Waals surface area contributed by atoms with Gasteiger partial charge in [-0.1, -0.05) is 0 Å². The van der Waals surface area contributed by atoms with Crippen LogP contribution >= 0.6 is 7.67 Å². The highest BCUT2D eigenvalue weighted by Crippen LogP contribution is 2.42. The zero-order valence-electron chi connectivity index (χ0n) is 22.1. The molecule has 1 aliphatic rings. The molecule has 0 spiro atoms. The SMILES string of the molecule is CC(C)OC(=O)C(C)NP(=O)(NC(C)C(=O)OC(C)C)OCC1OC(n2ccc(=O)[nH]c2=O)C(O)C1CF. The number of aromatic nitrogens is 2. The van der Waals surface area contributed by atoms with E-state index in [4.69, 9.17) is 18.7 Å². The lowest BCUT2D eigenvalue weighted by Gasteiger charge is -2.28. The number of hydrogen-bond acceptors (Lipinski definition) is 10. The zero-order chi connectivity index (χ0) is 28.8. The van der Waals surface area contributed by atoms with Crippen LogP contribution in [0.2, 0.25) is 0 Å². The fourth-order valence-corrected chi connectivity index (χ4v) is 5.39. The lowest BCUT2D eigenvalue weighted by molar-refractivity contribution is -0.149. The number of carbonyl (C=O) groups excluding carboxylic acids is 2. The van der Waals surface area contributed by atoms with E-state index in [0.717, 1.165) is 16.8 Å². The first-order chi connectivity index (χ1) is 17.7. The van der Waals surface area contributed by atoms with Gasteiger partial charge in [0, 0.05) is 18.2 Å². The Morgan fingerprint density at radius 1 is 1.11 bits per heavy atom. The molecular weight excluding hydrogens is 530 g/mol. The maximum atomic E-state index is 13.9. The quantitative estimate of drug-likeness (QED) is 0.190. The van der Waals surface area contributed by atoms with Crippen molar-refractivity contribution in [3.05, 3.63) is 33.1 Å². The minimum atomic E-state index is -4.24. The highest BCUT2D eigenvalue weighted by atomic mass is 31.2. The number of aromatic amines is 1. The van der Waals surface area contributed by atoms with E-state index in [0.29, 0.717) is 0 Å². The number of esters is 2. The Bertz CT molecular complexity index is 1090. The van der Waals surface area contributed by atoms with Crippen LogP contribution in [0.5, 0.6) is 0 Å². The Kier molecular flexibility index (Phi) is 11.4. The van der Waals surface area contributed by atoms with Gasteiger partial charge in [-0.25, -0.2) is 15.0 Å². The molecule has 0 aliphatic carbocycles. The molecule has 16 heteroatoms. The molecule has 4 N–H and O–H groups in total. The molecule has 6 atom stereocenters. The summed E-state index contributed by atoms with van der Waals surface area (Å²) < 4.78 is 49.9. The van der Waals surface area contributed by atoms with Gasteiger partial charge in [0.1, 0.15) is 18.2 Å². The number of carbonyl (C=O) groups is 2. The van der Waals surface area contributed by atoms with Gasteiger partial charge in [-0.05, 0) is 41.5 Å². The fourth-order valence-electron chi connectivity index (χ4n) is 3.58. The summed E-state index contributed by atoms with van der Waals surface area (Å²) in [7, 11) is -4.24. The molecule has 216 valence electrons. The van der Waals surface area contributed by atoms with Gasteiger partial charge in [0.25, 0.3) is 5.56 Å². The Morgan fingerprint density at radius 2 is 1.63 bits per heavy atom. The molecule has 0 saturated carbocycles. The Morgan fingerprint density at radius 3 is 2.08 bits per heavy atom. The summed E-state index contributed by atoms with van der Waals surface area (Å²) in [4.78, 5) is 50.1. The summed E-state index contributed by atoms with van der Waals surface area (Å²) in [6.07, 6.45) is -3.90. The molecule has 1 aliphatic heterocycles. The molecular formula is C22H36FN4O10P. The van der Waals surface area contributed by atoms with Gasteiger partial charge in [0.05, 0.1) is 31.6 Å². The zero-order valence-corrected chi connectivity index (χ0v) is 23.0. The molecule has 0 radical (unpaired) electrons. The van der Waals surface area contributed by atoms with E-state index in [9.17, 15) is 33.2 Å². The Labute approximate surface area is 218 Å². The lowest BCUT2D eigenvalue weighted by Crippen LogP contribution is -2.43. The average molecular weight is 567 g/mol. The number of aliphatic hydroxyl groups is 1.